The lowest BCUT2D eigenvalue weighted by atomic mass is 10.1. The number of para-hydroxylation sites is 2. The molecule has 4 aromatic carbocycles. The molecule has 4 rings (SSSR count). The maximum Gasteiger partial charge on any atom is 0.417 e. The third-order valence-corrected chi connectivity index (χ3v) is 6.50. The molecule has 0 fully saturated rings. The van der Waals surface area contributed by atoms with Gasteiger partial charge >= 0.3 is 12.4 Å². The molecule has 0 spiro atoms. The van der Waals surface area contributed by atoms with E-state index in [-0.39, 0.29) is 37.9 Å². The first-order chi connectivity index (χ1) is 23.9. The van der Waals surface area contributed by atoms with Gasteiger partial charge in [-0.15, -0.1) is 0 Å². The van der Waals surface area contributed by atoms with E-state index in [1.165, 1.54) is 38.5 Å². The van der Waals surface area contributed by atoms with Gasteiger partial charge in [0, 0.05) is 14.2 Å². The zero-order valence-corrected chi connectivity index (χ0v) is 26.8. The van der Waals surface area contributed by atoms with Crippen molar-refractivity contribution in [2.45, 2.75) is 24.6 Å². The quantitative estimate of drug-likeness (QED) is 0.122. The van der Waals surface area contributed by atoms with Crippen molar-refractivity contribution in [3.63, 3.8) is 0 Å². The minimum Gasteiger partial charge on any atom is -0.490 e. The summed E-state index contributed by atoms with van der Waals surface area (Å²) in [7, 11) is 2.91. The van der Waals surface area contributed by atoms with Crippen LogP contribution in [0.2, 0.25) is 0 Å². The van der Waals surface area contributed by atoms with Crippen molar-refractivity contribution in [1.29, 1.82) is 10.5 Å². The Hall–Kier alpha value is -5.44. The van der Waals surface area contributed by atoms with Gasteiger partial charge in [0.25, 0.3) is 0 Å². The summed E-state index contributed by atoms with van der Waals surface area (Å²) in [5.41, 5.74) is -2.98. The molecule has 0 aromatic heterocycles. The third kappa shape index (κ3) is 12.5. The minimum atomic E-state index is -4.64. The minimum absolute atomic E-state index is 0.00923. The number of rotatable bonds is 14. The molecule has 0 saturated carbocycles. The largest absolute Gasteiger partial charge is 0.490 e. The van der Waals surface area contributed by atoms with Crippen LogP contribution in [0, 0.1) is 22.7 Å². The SMILES string of the molecule is COCC(COc1ccccc1)Oc1ccc(C#N)c(C(F)(F)F)c1.COCC(COc1ccccc1)Oc1ccc(C#N)c(C(F)(F)F)c1. The maximum absolute atomic E-state index is 13.0. The average molecular weight is 703 g/mol. The number of hydrogen-bond donors (Lipinski definition) is 0. The predicted molar refractivity (Wildman–Crippen MR) is 169 cm³/mol. The summed E-state index contributed by atoms with van der Waals surface area (Å²) in [4.78, 5) is 0. The molecule has 0 aliphatic rings. The van der Waals surface area contributed by atoms with Crippen molar-refractivity contribution in [1.82, 2.24) is 0 Å². The number of nitrogens with zero attached hydrogens (tertiary/aromatic N) is 2. The van der Waals surface area contributed by atoms with Gasteiger partial charge in [-0.25, -0.2) is 0 Å². The molecule has 0 aliphatic heterocycles. The fourth-order valence-corrected chi connectivity index (χ4v) is 4.26. The summed E-state index contributed by atoms with van der Waals surface area (Å²) >= 11 is 0. The summed E-state index contributed by atoms with van der Waals surface area (Å²) in [6, 6.07) is 27.4. The van der Waals surface area contributed by atoms with Crippen molar-refractivity contribution in [3.8, 4) is 35.1 Å². The van der Waals surface area contributed by atoms with E-state index in [4.69, 9.17) is 38.9 Å². The van der Waals surface area contributed by atoms with E-state index in [1.807, 2.05) is 12.1 Å². The molecule has 0 saturated heterocycles. The number of halogens is 6. The van der Waals surface area contributed by atoms with E-state index in [1.54, 1.807) is 48.5 Å². The van der Waals surface area contributed by atoms with E-state index < -0.39 is 46.8 Å². The van der Waals surface area contributed by atoms with Crippen molar-refractivity contribution >= 4 is 0 Å². The Morgan fingerprint density at radius 1 is 0.520 bits per heavy atom. The van der Waals surface area contributed by atoms with E-state index in [0.717, 1.165) is 24.3 Å². The van der Waals surface area contributed by atoms with Crippen LogP contribution in [0.4, 0.5) is 26.3 Å². The van der Waals surface area contributed by atoms with Crippen LogP contribution in [0.5, 0.6) is 23.0 Å². The Labute approximate surface area is 284 Å². The molecule has 0 radical (unpaired) electrons. The highest BCUT2D eigenvalue weighted by molar-refractivity contribution is 5.45. The number of alkyl halides is 6. The van der Waals surface area contributed by atoms with Gasteiger partial charge in [0.1, 0.15) is 36.2 Å². The molecule has 2 atom stereocenters. The van der Waals surface area contributed by atoms with Gasteiger partial charge in [-0.3, -0.25) is 0 Å². The second kappa shape index (κ2) is 18.9. The van der Waals surface area contributed by atoms with E-state index in [9.17, 15) is 26.3 Å². The van der Waals surface area contributed by atoms with Gasteiger partial charge in [0.05, 0.1) is 47.6 Å². The smallest absolute Gasteiger partial charge is 0.417 e. The second-order valence-corrected chi connectivity index (χ2v) is 10.3. The van der Waals surface area contributed by atoms with Crippen LogP contribution in [-0.2, 0) is 21.8 Å². The number of hydrogen-bond acceptors (Lipinski definition) is 8. The highest BCUT2D eigenvalue weighted by atomic mass is 19.4. The van der Waals surface area contributed by atoms with Gasteiger partial charge in [0.2, 0.25) is 0 Å². The molecular formula is C36H32F6N2O6. The molecule has 0 amide bonds. The van der Waals surface area contributed by atoms with Crippen LogP contribution < -0.4 is 18.9 Å². The summed E-state index contributed by atoms with van der Waals surface area (Å²) in [6.45, 7) is 0.459. The molecule has 0 heterocycles. The highest BCUT2D eigenvalue weighted by Gasteiger charge is 2.35. The molecule has 14 heteroatoms. The lowest BCUT2D eigenvalue weighted by Gasteiger charge is -2.20. The fourth-order valence-electron chi connectivity index (χ4n) is 4.26. The monoisotopic (exact) mass is 702 g/mol. The van der Waals surface area contributed by atoms with Gasteiger partial charge in [-0.1, -0.05) is 36.4 Å². The lowest BCUT2D eigenvalue weighted by Crippen LogP contribution is -2.29. The number of nitriles is 2. The Balaban J connectivity index is 0.000000270. The predicted octanol–water partition coefficient (Wildman–Crippen LogP) is 8.10. The van der Waals surface area contributed by atoms with Crippen LogP contribution in [0.3, 0.4) is 0 Å². The maximum atomic E-state index is 13.0. The zero-order valence-electron chi connectivity index (χ0n) is 26.8. The molecular weight excluding hydrogens is 670 g/mol. The van der Waals surface area contributed by atoms with Gasteiger partial charge < -0.3 is 28.4 Å². The van der Waals surface area contributed by atoms with Crippen LogP contribution in [-0.4, -0.2) is 52.9 Å². The Kier molecular flexibility index (Phi) is 14.8. The van der Waals surface area contributed by atoms with Crippen molar-refractivity contribution in [2.24, 2.45) is 0 Å². The van der Waals surface area contributed by atoms with Crippen molar-refractivity contribution in [3.05, 3.63) is 119 Å². The molecule has 0 N–H and O–H groups in total. The number of ether oxygens (including phenoxy) is 6. The van der Waals surface area contributed by atoms with Crippen LogP contribution in [0.1, 0.15) is 22.3 Å². The summed E-state index contributed by atoms with van der Waals surface area (Å²) in [6.07, 6.45) is -10.5. The fraction of sp³-hybridized carbons (Fsp3) is 0.278. The summed E-state index contributed by atoms with van der Waals surface area (Å²) in [5, 5.41) is 17.6. The molecule has 8 nitrogen and oxygen atoms in total. The normalized spacial score (nSPS) is 12.3. The van der Waals surface area contributed by atoms with Crippen molar-refractivity contribution < 1.29 is 54.8 Å². The van der Waals surface area contributed by atoms with Crippen LogP contribution in [0.15, 0.2) is 97.1 Å². The lowest BCUT2D eigenvalue weighted by molar-refractivity contribution is -0.138. The van der Waals surface area contributed by atoms with Gasteiger partial charge in [-0.05, 0) is 60.7 Å². The number of benzene rings is 4. The van der Waals surface area contributed by atoms with E-state index >= 15 is 0 Å². The van der Waals surface area contributed by atoms with E-state index in [0.29, 0.717) is 11.5 Å². The van der Waals surface area contributed by atoms with Gasteiger partial charge in [-0.2, -0.15) is 36.9 Å². The Bertz CT molecular complexity index is 1580. The third-order valence-electron chi connectivity index (χ3n) is 6.50. The molecule has 50 heavy (non-hydrogen) atoms. The summed E-state index contributed by atoms with van der Waals surface area (Å²) in [5.74, 6) is 1.21. The Morgan fingerprint density at radius 2 is 0.880 bits per heavy atom. The first-order valence-electron chi connectivity index (χ1n) is 14.8. The molecule has 0 aliphatic carbocycles. The molecule has 4 aromatic rings. The highest BCUT2D eigenvalue weighted by Crippen LogP contribution is 2.35. The topological polar surface area (TPSA) is 103 Å². The van der Waals surface area contributed by atoms with Crippen LogP contribution in [0.25, 0.3) is 0 Å². The summed E-state index contributed by atoms with van der Waals surface area (Å²) < 4.78 is 110. The Morgan fingerprint density at radius 3 is 1.18 bits per heavy atom. The molecule has 0 bridgehead atoms. The van der Waals surface area contributed by atoms with Crippen LogP contribution >= 0.6 is 0 Å². The first kappa shape index (κ1) is 39.0. The first-order valence-corrected chi connectivity index (χ1v) is 14.8. The average Bonchev–Trinajstić information content (AvgIpc) is 3.10. The zero-order chi connectivity index (χ0) is 36.6. The molecule has 264 valence electrons. The standard InChI is InChI=1S/2C18H16F3NO3/c2*1-23-11-16(12-24-14-5-3-2-4-6-14)25-15-8-7-13(10-22)17(9-15)18(19,20)21/h2*2-9,16H,11-12H2,1H3. The number of methoxy groups -OCH3 is 2. The second-order valence-electron chi connectivity index (χ2n) is 10.3. The van der Waals surface area contributed by atoms with Gasteiger partial charge in [0.15, 0.2) is 12.2 Å². The molecule has 2 unspecified atom stereocenters. The van der Waals surface area contributed by atoms with E-state index in [2.05, 4.69) is 0 Å². The van der Waals surface area contributed by atoms with Crippen molar-refractivity contribution in [2.75, 3.05) is 40.6 Å².